The molecule has 0 N–H and O–H groups in total. The highest BCUT2D eigenvalue weighted by atomic mass is 16.6. The van der Waals surface area contributed by atoms with Gasteiger partial charge in [-0.15, -0.1) is 0 Å². The van der Waals surface area contributed by atoms with Crippen molar-refractivity contribution in [3.05, 3.63) is 35.1 Å². The van der Waals surface area contributed by atoms with Gasteiger partial charge in [-0.2, -0.15) is 0 Å². The zero-order valence-electron chi connectivity index (χ0n) is 17.2. The predicted molar refractivity (Wildman–Crippen MR) is 105 cm³/mol. The lowest BCUT2D eigenvalue weighted by molar-refractivity contribution is -0.176. The number of Topliss-reactive ketones (excluding diaryl/α,β-unsaturated/α-hetero) is 1. The topological polar surface area (TPSA) is 69.7 Å². The second-order valence-electron chi connectivity index (χ2n) is 9.08. The quantitative estimate of drug-likeness (QED) is 0.515. The molecule has 5 rings (SSSR count). The molecule has 0 spiro atoms. The van der Waals surface area contributed by atoms with Gasteiger partial charge in [0, 0.05) is 35.3 Å². The Bertz CT molecular complexity index is 893. The van der Waals surface area contributed by atoms with Crippen molar-refractivity contribution in [2.24, 2.45) is 23.2 Å². The zero-order chi connectivity index (χ0) is 20.4. The lowest BCUT2D eigenvalue weighted by atomic mass is 9.62. The number of fused-ring (bicyclic) bond motifs is 3. The van der Waals surface area contributed by atoms with Gasteiger partial charge in [0.25, 0.3) is 0 Å². The number of ketones is 1. The van der Waals surface area contributed by atoms with Crippen molar-refractivity contribution >= 4 is 17.7 Å². The van der Waals surface area contributed by atoms with Gasteiger partial charge < -0.3 is 9.47 Å². The van der Waals surface area contributed by atoms with E-state index in [2.05, 4.69) is 6.92 Å². The summed E-state index contributed by atoms with van der Waals surface area (Å²) >= 11 is 0. The van der Waals surface area contributed by atoms with Gasteiger partial charge in [-0.1, -0.05) is 32.4 Å². The first-order chi connectivity index (χ1) is 14.0. The normalized spacial score (nSPS) is 40.6. The summed E-state index contributed by atoms with van der Waals surface area (Å²) in [4.78, 5) is 39.7. The van der Waals surface area contributed by atoms with E-state index < -0.39 is 11.0 Å². The molecular formula is C24H28O5. The Kier molecular flexibility index (Phi) is 4.17. The summed E-state index contributed by atoms with van der Waals surface area (Å²) in [5.41, 5.74) is -0.373. The Labute approximate surface area is 171 Å². The molecule has 29 heavy (non-hydrogen) atoms. The molecule has 3 aliphatic carbocycles. The monoisotopic (exact) mass is 396 g/mol. The standard InChI is InChI=1S/C24H28O5/c1-3-5-9-16-14-11-12-15-20(19(14)21(26)28-16)23-13-7-6-10-17(23)24(15,29-22(23)27)18(25)8-4-2/h7,9,13,15,17,20H,3-6,8,10-12H2,1-2H3/b16-9+/t15-,17-,20+,23+,24+/m0/s1. The first-order valence-electron chi connectivity index (χ1n) is 11.1. The fraction of sp³-hybridized carbons (Fsp3) is 0.625. The van der Waals surface area contributed by atoms with Crippen LogP contribution in [0.3, 0.4) is 0 Å². The lowest BCUT2D eigenvalue weighted by Crippen LogP contribution is -2.52. The van der Waals surface area contributed by atoms with Gasteiger partial charge in [0.2, 0.25) is 0 Å². The van der Waals surface area contributed by atoms with E-state index in [1.165, 1.54) is 0 Å². The molecule has 2 heterocycles. The van der Waals surface area contributed by atoms with Crippen molar-refractivity contribution in [1.82, 2.24) is 0 Å². The Hall–Kier alpha value is -2.17. The number of hydrogen-bond acceptors (Lipinski definition) is 5. The SMILES string of the molecule is CCC/C=C1/OC(=O)C2=C1CC[C@H]1[C@H]2[C@@]23C=CCC[C@@H]2[C@]1(C(=O)CCC)OC3=O. The van der Waals surface area contributed by atoms with Gasteiger partial charge in [0.1, 0.15) is 11.2 Å². The predicted octanol–water partition coefficient (Wildman–Crippen LogP) is 4.18. The van der Waals surface area contributed by atoms with Gasteiger partial charge in [0.15, 0.2) is 11.4 Å². The molecule has 2 aliphatic heterocycles. The lowest BCUT2D eigenvalue weighted by Gasteiger charge is -2.42. The fourth-order valence-electron chi connectivity index (χ4n) is 6.84. The number of rotatable bonds is 5. The summed E-state index contributed by atoms with van der Waals surface area (Å²) in [5.74, 6) is -0.564. The molecule has 0 aromatic carbocycles. The minimum absolute atomic E-state index is 0.0418. The van der Waals surface area contributed by atoms with Crippen molar-refractivity contribution in [2.45, 2.75) is 70.8 Å². The van der Waals surface area contributed by atoms with Crippen LogP contribution in [0.25, 0.3) is 0 Å². The molecule has 2 fully saturated rings. The number of carbonyl (C=O) groups excluding carboxylic acids is 3. The van der Waals surface area contributed by atoms with Crippen molar-refractivity contribution in [3.63, 3.8) is 0 Å². The third-order valence-corrected chi connectivity index (χ3v) is 7.79. The van der Waals surface area contributed by atoms with Crippen LogP contribution in [0, 0.1) is 23.2 Å². The Morgan fingerprint density at radius 3 is 2.83 bits per heavy atom. The molecule has 2 bridgehead atoms. The van der Waals surface area contributed by atoms with E-state index in [4.69, 9.17) is 9.47 Å². The zero-order valence-corrected chi connectivity index (χ0v) is 17.2. The number of hydrogen-bond donors (Lipinski definition) is 0. The first-order valence-corrected chi connectivity index (χ1v) is 11.1. The number of ether oxygens (including phenoxy) is 2. The van der Waals surface area contributed by atoms with Gasteiger partial charge in [-0.05, 0) is 44.6 Å². The maximum atomic E-state index is 13.4. The van der Waals surface area contributed by atoms with Gasteiger partial charge in [0.05, 0.1) is 0 Å². The maximum absolute atomic E-state index is 13.4. The highest BCUT2D eigenvalue weighted by Crippen LogP contribution is 2.72. The van der Waals surface area contributed by atoms with Gasteiger partial charge in [-0.25, -0.2) is 4.79 Å². The molecule has 1 saturated carbocycles. The first kappa shape index (κ1) is 18.8. The fourth-order valence-corrected chi connectivity index (χ4v) is 6.84. The second-order valence-corrected chi connectivity index (χ2v) is 9.08. The van der Waals surface area contributed by atoms with E-state index in [9.17, 15) is 14.4 Å². The molecule has 1 saturated heterocycles. The van der Waals surface area contributed by atoms with Crippen LogP contribution >= 0.6 is 0 Å². The minimum Gasteiger partial charge on any atom is -0.450 e. The molecule has 0 aromatic heterocycles. The number of carbonyl (C=O) groups is 3. The van der Waals surface area contributed by atoms with E-state index in [0.29, 0.717) is 24.2 Å². The summed E-state index contributed by atoms with van der Waals surface area (Å²) < 4.78 is 11.7. The third-order valence-electron chi connectivity index (χ3n) is 7.79. The van der Waals surface area contributed by atoms with Crippen LogP contribution in [0.4, 0.5) is 0 Å². The molecule has 5 aliphatic rings. The maximum Gasteiger partial charge on any atom is 0.340 e. The minimum atomic E-state index is -1.07. The van der Waals surface area contributed by atoms with Crippen LogP contribution < -0.4 is 0 Å². The Morgan fingerprint density at radius 2 is 2.07 bits per heavy atom. The third kappa shape index (κ3) is 2.14. The van der Waals surface area contributed by atoms with Crippen LogP contribution in [0.5, 0.6) is 0 Å². The van der Waals surface area contributed by atoms with Gasteiger partial charge in [-0.3, -0.25) is 9.59 Å². The van der Waals surface area contributed by atoms with Crippen LogP contribution in [0.15, 0.2) is 35.1 Å². The Balaban J connectivity index is 1.70. The van der Waals surface area contributed by atoms with Gasteiger partial charge >= 0.3 is 11.9 Å². The molecule has 0 radical (unpaired) electrons. The van der Waals surface area contributed by atoms with Crippen LogP contribution in [-0.2, 0) is 23.9 Å². The van der Waals surface area contributed by atoms with Crippen LogP contribution in [-0.4, -0.2) is 23.3 Å². The molecule has 0 amide bonds. The molecule has 154 valence electrons. The number of allylic oxidation sites excluding steroid dienone is 3. The number of unbranched alkanes of at least 4 members (excludes halogenated alkanes) is 1. The summed E-state index contributed by atoms with van der Waals surface area (Å²) in [5, 5.41) is 0. The molecular weight excluding hydrogens is 368 g/mol. The number of cyclic esters (lactones) is 1. The smallest absolute Gasteiger partial charge is 0.340 e. The van der Waals surface area contributed by atoms with E-state index in [1.54, 1.807) is 0 Å². The average molecular weight is 396 g/mol. The van der Waals surface area contributed by atoms with Crippen molar-refractivity contribution in [2.75, 3.05) is 0 Å². The molecule has 0 aromatic rings. The van der Waals surface area contributed by atoms with Crippen molar-refractivity contribution in [3.8, 4) is 0 Å². The molecule has 5 atom stereocenters. The largest absolute Gasteiger partial charge is 0.450 e. The molecule has 0 unspecified atom stereocenters. The van der Waals surface area contributed by atoms with E-state index in [1.807, 2.05) is 25.2 Å². The van der Waals surface area contributed by atoms with Crippen molar-refractivity contribution in [1.29, 1.82) is 0 Å². The van der Waals surface area contributed by atoms with E-state index >= 15 is 0 Å². The molecule has 5 heteroatoms. The van der Waals surface area contributed by atoms with E-state index in [-0.39, 0.29) is 35.5 Å². The van der Waals surface area contributed by atoms with Crippen molar-refractivity contribution < 1.29 is 23.9 Å². The second kappa shape index (κ2) is 6.41. The highest BCUT2D eigenvalue weighted by Gasteiger charge is 2.81. The van der Waals surface area contributed by atoms with Crippen LogP contribution in [0.2, 0.25) is 0 Å². The number of esters is 2. The Morgan fingerprint density at radius 1 is 1.24 bits per heavy atom. The highest BCUT2D eigenvalue weighted by molar-refractivity contribution is 6.03. The molecule has 5 nitrogen and oxygen atoms in total. The summed E-state index contributed by atoms with van der Waals surface area (Å²) in [7, 11) is 0. The summed E-state index contributed by atoms with van der Waals surface area (Å²) in [6.45, 7) is 4.07. The van der Waals surface area contributed by atoms with Crippen LogP contribution in [0.1, 0.15) is 65.2 Å². The summed E-state index contributed by atoms with van der Waals surface area (Å²) in [6, 6.07) is 0. The average Bonchev–Trinajstić information content (AvgIpc) is 3.28. The summed E-state index contributed by atoms with van der Waals surface area (Å²) in [6.07, 6.45) is 12.0. The van der Waals surface area contributed by atoms with E-state index in [0.717, 1.165) is 44.1 Å².